The van der Waals surface area contributed by atoms with Crippen molar-refractivity contribution in [2.24, 2.45) is 0 Å². The first-order valence-corrected chi connectivity index (χ1v) is 7.21. The van der Waals surface area contributed by atoms with Gasteiger partial charge in [0.15, 0.2) is 0 Å². The summed E-state index contributed by atoms with van der Waals surface area (Å²) >= 11 is 0. The predicted molar refractivity (Wildman–Crippen MR) is 80.2 cm³/mol. The smallest absolute Gasteiger partial charge is 0.333 e. The minimum absolute atomic E-state index is 0.189. The quantitative estimate of drug-likeness (QED) is 0.645. The largest absolute Gasteiger partial charge is 0.416 e. The second-order valence-electron chi connectivity index (χ2n) is 5.81. The summed E-state index contributed by atoms with van der Waals surface area (Å²) in [6.07, 6.45) is -4.29. The Morgan fingerprint density at radius 1 is 1.36 bits per heavy atom. The van der Waals surface area contributed by atoms with E-state index in [4.69, 9.17) is 0 Å². The zero-order valence-electron chi connectivity index (χ0n) is 13.2. The van der Waals surface area contributed by atoms with Gasteiger partial charge in [0.25, 0.3) is 5.92 Å². The van der Waals surface area contributed by atoms with Crippen molar-refractivity contribution in [3.05, 3.63) is 42.0 Å². The minimum Gasteiger partial charge on any atom is -0.333 e. The second kappa shape index (κ2) is 6.45. The average molecular weight is 362 g/mol. The van der Waals surface area contributed by atoms with Gasteiger partial charge >= 0.3 is 6.18 Å². The number of carbonyl (C=O) groups is 2. The van der Waals surface area contributed by atoms with Gasteiger partial charge in [0.1, 0.15) is 0 Å². The highest BCUT2D eigenvalue weighted by Gasteiger charge is 2.57. The predicted octanol–water partition coefficient (Wildman–Crippen LogP) is 3.41. The molecule has 4 nitrogen and oxygen atoms in total. The maximum atomic E-state index is 13.2. The molecule has 25 heavy (non-hydrogen) atoms. The topological polar surface area (TPSA) is 49.4 Å². The van der Waals surface area contributed by atoms with Crippen LogP contribution in [0.3, 0.4) is 0 Å². The zero-order chi connectivity index (χ0) is 19.0. The van der Waals surface area contributed by atoms with Crippen molar-refractivity contribution in [3.63, 3.8) is 0 Å². The van der Waals surface area contributed by atoms with Gasteiger partial charge in [0.05, 0.1) is 18.0 Å². The van der Waals surface area contributed by atoms with E-state index in [0.29, 0.717) is 12.1 Å². The first-order valence-electron chi connectivity index (χ1n) is 7.21. The van der Waals surface area contributed by atoms with Crippen LogP contribution >= 0.6 is 0 Å². The van der Waals surface area contributed by atoms with Crippen LogP contribution in [0.1, 0.15) is 23.5 Å². The molecule has 0 bridgehead atoms. The molecule has 1 fully saturated rings. The fourth-order valence-electron chi connectivity index (χ4n) is 2.31. The lowest BCUT2D eigenvalue weighted by Crippen LogP contribution is -2.33. The molecule has 136 valence electrons. The van der Waals surface area contributed by atoms with Gasteiger partial charge in [-0.05, 0) is 29.8 Å². The van der Waals surface area contributed by atoms with Crippen molar-refractivity contribution in [1.29, 1.82) is 0 Å². The Labute approximate surface area is 140 Å². The van der Waals surface area contributed by atoms with Gasteiger partial charge in [-0.25, -0.2) is 8.78 Å². The summed E-state index contributed by atoms with van der Waals surface area (Å²) in [5.41, 5.74) is -1.57. The van der Waals surface area contributed by atoms with E-state index < -0.39 is 48.4 Å². The molecule has 0 aromatic heterocycles. The molecular formula is C16H15F5N2O2. The number of benzene rings is 1. The fourth-order valence-corrected chi connectivity index (χ4v) is 2.31. The summed E-state index contributed by atoms with van der Waals surface area (Å²) in [7, 11) is 1.31. The van der Waals surface area contributed by atoms with Gasteiger partial charge in [-0.1, -0.05) is 6.58 Å². The number of amides is 2. The molecule has 0 radical (unpaired) electrons. The highest BCUT2D eigenvalue weighted by molar-refractivity contribution is 5.96. The van der Waals surface area contributed by atoms with E-state index in [1.54, 1.807) is 0 Å². The van der Waals surface area contributed by atoms with Crippen molar-refractivity contribution in [2.75, 3.05) is 18.9 Å². The average Bonchev–Trinajstić information content (AvgIpc) is 3.13. The Morgan fingerprint density at radius 3 is 2.44 bits per heavy atom. The molecule has 1 aliphatic carbocycles. The summed E-state index contributed by atoms with van der Waals surface area (Å²) in [6, 6.07) is 2.42. The Hall–Kier alpha value is -2.45. The summed E-state index contributed by atoms with van der Waals surface area (Å²) in [5, 5.41) is 2.20. The van der Waals surface area contributed by atoms with Crippen LogP contribution in [0.25, 0.3) is 0 Å². The molecule has 0 heterocycles. The van der Waals surface area contributed by atoms with Gasteiger partial charge in [0, 0.05) is 19.2 Å². The fraction of sp³-hybridized carbons (Fsp3) is 0.375. The van der Waals surface area contributed by atoms with E-state index in [0.717, 1.165) is 17.0 Å². The summed E-state index contributed by atoms with van der Waals surface area (Å²) in [4.78, 5) is 24.2. The van der Waals surface area contributed by atoms with Gasteiger partial charge in [-0.3, -0.25) is 9.59 Å². The first-order chi connectivity index (χ1) is 11.4. The lowest BCUT2D eigenvalue weighted by atomic mass is 10.0. The Bertz CT molecular complexity index is 715. The van der Waals surface area contributed by atoms with Gasteiger partial charge in [-0.2, -0.15) is 13.2 Å². The molecule has 2 rings (SSSR count). The van der Waals surface area contributed by atoms with Crippen LogP contribution < -0.4 is 5.32 Å². The van der Waals surface area contributed by atoms with E-state index in [-0.39, 0.29) is 11.3 Å². The van der Waals surface area contributed by atoms with E-state index >= 15 is 0 Å². The zero-order valence-corrected chi connectivity index (χ0v) is 13.2. The first kappa shape index (κ1) is 18.9. The number of rotatable bonds is 5. The molecule has 1 aliphatic rings. The number of hydrogen-bond donors (Lipinski definition) is 1. The van der Waals surface area contributed by atoms with Crippen molar-refractivity contribution in [1.82, 2.24) is 4.90 Å². The van der Waals surface area contributed by atoms with Gasteiger partial charge in [-0.15, -0.1) is 0 Å². The highest BCUT2D eigenvalue weighted by atomic mass is 19.4. The number of hydrogen-bond acceptors (Lipinski definition) is 2. The molecule has 1 saturated carbocycles. The third kappa shape index (κ3) is 4.55. The van der Waals surface area contributed by atoms with Crippen LogP contribution in [0, 0.1) is 0 Å². The molecule has 0 saturated heterocycles. The van der Waals surface area contributed by atoms with Crippen LogP contribution in [0.5, 0.6) is 0 Å². The third-order valence-electron chi connectivity index (χ3n) is 3.73. The number of nitrogens with zero attached hydrogens (tertiary/aromatic N) is 1. The number of carbonyl (C=O) groups excluding carboxylic acids is 2. The molecule has 1 aromatic carbocycles. The van der Waals surface area contributed by atoms with Crippen LogP contribution in [0.15, 0.2) is 30.9 Å². The molecule has 1 N–H and O–H groups in total. The molecule has 1 aromatic rings. The number of halogens is 5. The number of nitrogens with one attached hydrogen (secondary N) is 1. The summed E-state index contributed by atoms with van der Waals surface area (Å²) < 4.78 is 65.2. The number of alkyl halides is 5. The SMILES string of the molecule is C=CC(=O)N(C)CC(=O)Nc1cc(C2CC2(F)F)cc(C(F)(F)F)c1. The molecule has 0 spiro atoms. The van der Waals surface area contributed by atoms with Gasteiger partial charge < -0.3 is 10.2 Å². The van der Waals surface area contributed by atoms with E-state index in [1.165, 1.54) is 7.05 Å². The molecular weight excluding hydrogens is 347 g/mol. The Balaban J connectivity index is 2.22. The standard InChI is InChI=1S/C16H15F5N2O2/c1-3-14(25)23(2)8-13(24)22-11-5-9(12-7-15(12,17)18)4-10(6-11)16(19,20)21/h3-6,12H,1,7-8H2,2H3,(H,22,24). The summed E-state index contributed by atoms with van der Waals surface area (Å²) in [6.45, 7) is 2.82. The molecule has 2 amide bonds. The Morgan fingerprint density at radius 2 is 1.96 bits per heavy atom. The van der Waals surface area contributed by atoms with Crippen molar-refractivity contribution >= 4 is 17.5 Å². The monoisotopic (exact) mass is 362 g/mol. The number of anilines is 1. The molecule has 1 unspecified atom stereocenters. The minimum atomic E-state index is -4.74. The second-order valence-corrected chi connectivity index (χ2v) is 5.81. The lowest BCUT2D eigenvalue weighted by molar-refractivity contribution is -0.137. The van der Waals surface area contributed by atoms with Crippen LogP contribution in [0.4, 0.5) is 27.6 Å². The Kier molecular flexibility index (Phi) is 4.87. The van der Waals surface area contributed by atoms with E-state index in [1.807, 2.05) is 0 Å². The maximum Gasteiger partial charge on any atom is 0.416 e. The van der Waals surface area contributed by atoms with Crippen molar-refractivity contribution < 1.29 is 31.5 Å². The number of likely N-dealkylation sites (N-methyl/N-ethyl adjacent to an activating group) is 1. The molecule has 9 heteroatoms. The van der Waals surface area contributed by atoms with Crippen LogP contribution in [-0.4, -0.2) is 36.2 Å². The maximum absolute atomic E-state index is 13.2. The molecule has 0 aliphatic heterocycles. The lowest BCUT2D eigenvalue weighted by Gasteiger charge is -2.16. The van der Waals surface area contributed by atoms with E-state index in [2.05, 4.69) is 11.9 Å². The van der Waals surface area contributed by atoms with Crippen LogP contribution in [0.2, 0.25) is 0 Å². The van der Waals surface area contributed by atoms with E-state index in [9.17, 15) is 31.5 Å². The normalized spacial score (nSPS) is 18.4. The molecule has 1 atom stereocenters. The van der Waals surface area contributed by atoms with Gasteiger partial charge in [0.2, 0.25) is 11.8 Å². The highest BCUT2D eigenvalue weighted by Crippen LogP contribution is 2.56. The van der Waals surface area contributed by atoms with Crippen LogP contribution in [-0.2, 0) is 15.8 Å². The third-order valence-corrected chi connectivity index (χ3v) is 3.73. The van der Waals surface area contributed by atoms with Crippen molar-refractivity contribution in [2.45, 2.75) is 24.4 Å². The summed E-state index contributed by atoms with van der Waals surface area (Å²) in [5.74, 6) is -5.64. The van der Waals surface area contributed by atoms with Crippen molar-refractivity contribution in [3.8, 4) is 0 Å².